The number of rotatable bonds is 8. The van der Waals surface area contributed by atoms with Crippen molar-refractivity contribution in [3.8, 4) is 5.75 Å². The van der Waals surface area contributed by atoms with Crippen LogP contribution in [-0.4, -0.2) is 105 Å². The third-order valence-corrected chi connectivity index (χ3v) is 9.32. The SMILES string of the molecule is C[C@H]1CN([C@@H](C)CO)S(=O)(=O)c2ccc(C=Cc3ccccc3)cc2O[C@H]1CN(C)C(=O)CN1CCOCC1. The first-order chi connectivity index (χ1) is 18.7. The summed E-state index contributed by atoms with van der Waals surface area (Å²) in [6.45, 7) is 6.73. The highest BCUT2D eigenvalue weighted by atomic mass is 32.2. The molecule has 0 bridgehead atoms. The molecule has 2 aliphatic rings. The van der Waals surface area contributed by atoms with E-state index in [2.05, 4.69) is 4.90 Å². The quantitative estimate of drug-likeness (QED) is 0.498. The van der Waals surface area contributed by atoms with E-state index in [0.717, 1.165) is 11.1 Å². The summed E-state index contributed by atoms with van der Waals surface area (Å²) in [7, 11) is -2.18. The number of amides is 1. The number of nitrogens with zero attached hydrogens (tertiary/aromatic N) is 3. The number of hydrogen-bond acceptors (Lipinski definition) is 7. The van der Waals surface area contributed by atoms with Crippen LogP contribution in [0.5, 0.6) is 5.75 Å². The Labute approximate surface area is 231 Å². The number of aliphatic hydroxyl groups excluding tert-OH is 1. The van der Waals surface area contributed by atoms with Crippen molar-refractivity contribution in [1.82, 2.24) is 14.1 Å². The van der Waals surface area contributed by atoms with Crippen molar-refractivity contribution in [2.75, 3.05) is 59.6 Å². The van der Waals surface area contributed by atoms with Gasteiger partial charge >= 0.3 is 0 Å². The van der Waals surface area contributed by atoms with Crippen molar-refractivity contribution in [2.45, 2.75) is 30.9 Å². The molecule has 2 aromatic rings. The van der Waals surface area contributed by atoms with E-state index in [0.29, 0.717) is 39.4 Å². The summed E-state index contributed by atoms with van der Waals surface area (Å²) in [6, 6.07) is 14.3. The van der Waals surface area contributed by atoms with E-state index in [1.807, 2.05) is 49.4 Å². The van der Waals surface area contributed by atoms with E-state index in [1.54, 1.807) is 37.1 Å². The zero-order valence-corrected chi connectivity index (χ0v) is 23.7. The lowest BCUT2D eigenvalue weighted by molar-refractivity contribution is -0.133. The fraction of sp³-hybridized carbons (Fsp3) is 0.483. The van der Waals surface area contributed by atoms with Crippen molar-refractivity contribution in [2.24, 2.45) is 5.92 Å². The van der Waals surface area contributed by atoms with Crippen LogP contribution in [0.1, 0.15) is 25.0 Å². The number of ether oxygens (including phenoxy) is 2. The molecule has 212 valence electrons. The molecule has 2 aromatic carbocycles. The maximum absolute atomic E-state index is 13.7. The smallest absolute Gasteiger partial charge is 0.247 e. The number of likely N-dealkylation sites (N-methyl/N-ethyl adjacent to an activating group) is 1. The fourth-order valence-electron chi connectivity index (χ4n) is 4.76. The Morgan fingerprint density at radius 3 is 2.51 bits per heavy atom. The molecule has 0 unspecified atom stereocenters. The highest BCUT2D eigenvalue weighted by Gasteiger charge is 2.38. The molecule has 2 aliphatic heterocycles. The van der Waals surface area contributed by atoms with Crippen molar-refractivity contribution in [3.63, 3.8) is 0 Å². The molecule has 2 heterocycles. The predicted molar refractivity (Wildman–Crippen MR) is 151 cm³/mol. The zero-order valence-electron chi connectivity index (χ0n) is 22.9. The summed E-state index contributed by atoms with van der Waals surface area (Å²) in [5.41, 5.74) is 1.81. The molecule has 3 atom stereocenters. The first-order valence-corrected chi connectivity index (χ1v) is 14.8. The van der Waals surface area contributed by atoms with Gasteiger partial charge in [-0.3, -0.25) is 9.69 Å². The van der Waals surface area contributed by atoms with Gasteiger partial charge in [0, 0.05) is 38.6 Å². The number of fused-ring (bicyclic) bond motifs is 1. The van der Waals surface area contributed by atoms with Gasteiger partial charge in [-0.2, -0.15) is 4.31 Å². The molecule has 0 radical (unpaired) electrons. The molecule has 1 fully saturated rings. The van der Waals surface area contributed by atoms with Crippen LogP contribution in [-0.2, 0) is 19.6 Å². The predicted octanol–water partition coefficient (Wildman–Crippen LogP) is 2.42. The topological polar surface area (TPSA) is 99.6 Å². The number of morpholine rings is 1. The molecule has 1 saturated heterocycles. The van der Waals surface area contributed by atoms with Gasteiger partial charge in [0.05, 0.1) is 32.9 Å². The van der Waals surface area contributed by atoms with E-state index in [1.165, 1.54) is 4.31 Å². The van der Waals surface area contributed by atoms with E-state index < -0.39 is 22.2 Å². The highest BCUT2D eigenvalue weighted by molar-refractivity contribution is 7.89. The Kier molecular flexibility index (Phi) is 9.79. The van der Waals surface area contributed by atoms with Crippen LogP contribution in [0.4, 0.5) is 0 Å². The summed E-state index contributed by atoms with van der Waals surface area (Å²) in [5.74, 6) is -0.0299. The summed E-state index contributed by atoms with van der Waals surface area (Å²) >= 11 is 0. The molecule has 10 heteroatoms. The molecule has 39 heavy (non-hydrogen) atoms. The first kappa shape index (κ1) is 29.2. The number of aliphatic hydroxyl groups is 1. The molecule has 0 spiro atoms. The second-order valence-corrected chi connectivity index (χ2v) is 12.2. The third-order valence-electron chi connectivity index (χ3n) is 7.30. The van der Waals surface area contributed by atoms with Gasteiger partial charge in [-0.1, -0.05) is 55.5 Å². The number of benzene rings is 2. The van der Waals surface area contributed by atoms with E-state index in [9.17, 15) is 18.3 Å². The molecule has 0 aromatic heterocycles. The van der Waals surface area contributed by atoms with Gasteiger partial charge in [0.2, 0.25) is 15.9 Å². The van der Waals surface area contributed by atoms with Gasteiger partial charge in [-0.15, -0.1) is 0 Å². The highest BCUT2D eigenvalue weighted by Crippen LogP contribution is 2.34. The Bertz CT molecular complexity index is 1250. The standard InChI is InChI=1S/C29H39N3O6S/c1-22-18-32(23(2)21-33)39(35,36)28-12-11-25(10-9-24-7-5-4-6-8-24)17-26(28)38-27(22)19-30(3)29(34)20-31-13-15-37-16-14-31/h4-12,17,22-23,27,33H,13-16,18-21H2,1-3H3/t22-,23-,27-/m0/s1. The van der Waals surface area contributed by atoms with E-state index in [-0.39, 0.29) is 35.6 Å². The Morgan fingerprint density at radius 1 is 1.13 bits per heavy atom. The second-order valence-electron chi connectivity index (χ2n) is 10.4. The second kappa shape index (κ2) is 13.1. The minimum absolute atomic E-state index is 0.0252. The minimum atomic E-state index is -3.93. The van der Waals surface area contributed by atoms with Crippen LogP contribution in [0.3, 0.4) is 0 Å². The van der Waals surface area contributed by atoms with Crippen molar-refractivity contribution >= 4 is 28.1 Å². The maximum atomic E-state index is 13.7. The average Bonchev–Trinajstić information content (AvgIpc) is 2.94. The molecule has 9 nitrogen and oxygen atoms in total. The van der Waals surface area contributed by atoms with Gasteiger partial charge in [-0.25, -0.2) is 8.42 Å². The van der Waals surface area contributed by atoms with Crippen molar-refractivity contribution in [3.05, 3.63) is 59.7 Å². The molecular formula is C29H39N3O6S. The van der Waals surface area contributed by atoms with Crippen LogP contribution in [0.15, 0.2) is 53.4 Å². The molecular weight excluding hydrogens is 518 g/mol. The number of carbonyl (C=O) groups excluding carboxylic acids is 1. The fourth-order valence-corrected chi connectivity index (χ4v) is 6.59. The van der Waals surface area contributed by atoms with Crippen LogP contribution in [0.25, 0.3) is 12.2 Å². The lowest BCUT2D eigenvalue weighted by Gasteiger charge is -2.38. The van der Waals surface area contributed by atoms with Gasteiger partial charge in [-0.05, 0) is 30.2 Å². The number of carbonyl (C=O) groups is 1. The lowest BCUT2D eigenvalue weighted by Crippen LogP contribution is -2.51. The van der Waals surface area contributed by atoms with Crippen LogP contribution in [0.2, 0.25) is 0 Å². The van der Waals surface area contributed by atoms with Gasteiger partial charge in [0.25, 0.3) is 0 Å². The molecule has 1 amide bonds. The summed E-state index contributed by atoms with van der Waals surface area (Å²) < 4.78 is 40.6. The Hall–Kier alpha value is -2.76. The van der Waals surface area contributed by atoms with E-state index in [4.69, 9.17) is 9.47 Å². The Morgan fingerprint density at radius 2 is 1.82 bits per heavy atom. The summed E-state index contributed by atoms with van der Waals surface area (Å²) in [5, 5.41) is 9.86. The minimum Gasteiger partial charge on any atom is -0.487 e. The number of sulfonamides is 1. The normalized spacial score (nSPS) is 22.9. The van der Waals surface area contributed by atoms with Crippen LogP contribution in [0, 0.1) is 5.92 Å². The Balaban J connectivity index is 1.62. The zero-order chi connectivity index (χ0) is 28.0. The first-order valence-electron chi connectivity index (χ1n) is 13.4. The van der Waals surface area contributed by atoms with Gasteiger partial charge in [0.15, 0.2) is 0 Å². The number of hydrogen-bond donors (Lipinski definition) is 1. The summed E-state index contributed by atoms with van der Waals surface area (Å²) in [4.78, 5) is 16.8. The van der Waals surface area contributed by atoms with Gasteiger partial charge in [0.1, 0.15) is 16.7 Å². The van der Waals surface area contributed by atoms with Crippen molar-refractivity contribution < 1.29 is 27.8 Å². The third kappa shape index (κ3) is 7.26. The lowest BCUT2D eigenvalue weighted by atomic mass is 10.0. The van der Waals surface area contributed by atoms with Crippen molar-refractivity contribution in [1.29, 1.82) is 0 Å². The van der Waals surface area contributed by atoms with E-state index >= 15 is 0 Å². The molecule has 1 N–H and O–H groups in total. The molecule has 0 saturated carbocycles. The largest absolute Gasteiger partial charge is 0.487 e. The van der Waals surface area contributed by atoms with Crippen LogP contribution >= 0.6 is 0 Å². The van der Waals surface area contributed by atoms with Crippen LogP contribution < -0.4 is 4.74 Å². The molecule has 4 rings (SSSR count). The summed E-state index contributed by atoms with van der Waals surface area (Å²) in [6.07, 6.45) is 3.41. The monoisotopic (exact) mass is 557 g/mol. The average molecular weight is 558 g/mol. The molecule has 0 aliphatic carbocycles. The van der Waals surface area contributed by atoms with Gasteiger partial charge < -0.3 is 19.5 Å². The maximum Gasteiger partial charge on any atom is 0.247 e.